The number of hydrogen-bond acceptors (Lipinski definition) is 4. The molecule has 0 aliphatic heterocycles. The third-order valence-electron chi connectivity index (χ3n) is 2.10. The van der Waals surface area contributed by atoms with Gasteiger partial charge >= 0.3 is 11.2 Å². The van der Waals surface area contributed by atoms with Crippen LogP contribution in [0.2, 0.25) is 0 Å². The van der Waals surface area contributed by atoms with Gasteiger partial charge in [-0.3, -0.25) is 20.0 Å². The molecule has 0 amide bonds. The van der Waals surface area contributed by atoms with E-state index in [2.05, 4.69) is 10.2 Å². The van der Waals surface area contributed by atoms with Gasteiger partial charge in [0, 0.05) is 24.0 Å². The minimum Gasteiger partial charge on any atom is -0.305 e. The SMILES string of the molecule is O=c1c([N+](=O)[O-])cccn1Cc1cn[nH]c1. The lowest BCUT2D eigenvalue weighted by Gasteiger charge is -2.02. The largest absolute Gasteiger partial charge is 0.334 e. The normalized spacial score (nSPS) is 10.2. The van der Waals surface area contributed by atoms with Crippen LogP contribution in [0, 0.1) is 10.1 Å². The van der Waals surface area contributed by atoms with E-state index in [-0.39, 0.29) is 6.54 Å². The number of pyridine rings is 1. The fourth-order valence-corrected chi connectivity index (χ4v) is 1.35. The van der Waals surface area contributed by atoms with E-state index in [1.54, 1.807) is 12.4 Å². The molecule has 2 aromatic heterocycles. The predicted octanol–water partition coefficient (Wildman–Crippen LogP) is 0.528. The van der Waals surface area contributed by atoms with Crippen LogP contribution in [0.25, 0.3) is 0 Å². The first-order valence-electron chi connectivity index (χ1n) is 4.50. The van der Waals surface area contributed by atoms with E-state index >= 15 is 0 Å². The number of nitrogens with zero attached hydrogens (tertiary/aromatic N) is 3. The lowest BCUT2D eigenvalue weighted by atomic mass is 10.3. The highest BCUT2D eigenvalue weighted by molar-refractivity contribution is 5.25. The molecule has 1 N–H and O–H groups in total. The topological polar surface area (TPSA) is 93.8 Å². The minimum absolute atomic E-state index is 0.261. The highest BCUT2D eigenvalue weighted by Gasteiger charge is 2.13. The minimum atomic E-state index is -0.686. The molecule has 0 radical (unpaired) electrons. The number of hydrogen-bond donors (Lipinski definition) is 1. The molecule has 2 heterocycles. The van der Waals surface area contributed by atoms with Gasteiger partial charge in [0.15, 0.2) is 0 Å². The van der Waals surface area contributed by atoms with Crippen molar-refractivity contribution < 1.29 is 4.92 Å². The Morgan fingerprint density at radius 2 is 2.38 bits per heavy atom. The monoisotopic (exact) mass is 220 g/mol. The van der Waals surface area contributed by atoms with Crippen molar-refractivity contribution >= 4 is 5.69 Å². The molecular weight excluding hydrogens is 212 g/mol. The van der Waals surface area contributed by atoms with Crippen LogP contribution in [0.15, 0.2) is 35.5 Å². The Kier molecular flexibility index (Phi) is 2.50. The summed E-state index contributed by atoms with van der Waals surface area (Å²) in [6, 6.07) is 2.66. The summed E-state index contributed by atoms with van der Waals surface area (Å²) in [6.45, 7) is 0.261. The number of rotatable bonds is 3. The van der Waals surface area contributed by atoms with Gasteiger partial charge in [-0.05, 0) is 6.07 Å². The van der Waals surface area contributed by atoms with E-state index in [9.17, 15) is 14.9 Å². The molecule has 0 aliphatic rings. The summed E-state index contributed by atoms with van der Waals surface area (Å²) in [4.78, 5) is 21.5. The first kappa shape index (κ1) is 10.1. The summed E-state index contributed by atoms with van der Waals surface area (Å²) >= 11 is 0. The van der Waals surface area contributed by atoms with Crippen LogP contribution < -0.4 is 5.56 Å². The average Bonchev–Trinajstić information content (AvgIpc) is 2.73. The molecule has 16 heavy (non-hydrogen) atoms. The number of aromatic amines is 1. The van der Waals surface area contributed by atoms with Crippen LogP contribution in [0.1, 0.15) is 5.56 Å². The van der Waals surface area contributed by atoms with E-state index in [4.69, 9.17) is 0 Å². The second-order valence-corrected chi connectivity index (χ2v) is 3.19. The molecule has 82 valence electrons. The first-order valence-corrected chi connectivity index (χ1v) is 4.50. The summed E-state index contributed by atoms with van der Waals surface area (Å²) in [6.07, 6.45) is 4.69. The first-order chi connectivity index (χ1) is 7.68. The van der Waals surface area contributed by atoms with Crippen LogP contribution in [-0.4, -0.2) is 19.7 Å². The predicted molar refractivity (Wildman–Crippen MR) is 55.0 cm³/mol. The molecule has 0 spiro atoms. The van der Waals surface area contributed by atoms with Crippen molar-refractivity contribution in [3.63, 3.8) is 0 Å². The Balaban J connectivity index is 2.39. The van der Waals surface area contributed by atoms with Gasteiger partial charge in [0.05, 0.1) is 17.7 Å². The number of nitrogens with one attached hydrogen (secondary N) is 1. The average molecular weight is 220 g/mol. The number of aromatic nitrogens is 3. The lowest BCUT2D eigenvalue weighted by Crippen LogP contribution is -2.22. The molecule has 0 atom stereocenters. The Hall–Kier alpha value is -2.44. The van der Waals surface area contributed by atoms with Crippen molar-refractivity contribution in [1.29, 1.82) is 0 Å². The van der Waals surface area contributed by atoms with Gasteiger partial charge in [-0.1, -0.05) is 0 Å². The molecule has 7 heteroatoms. The zero-order valence-electron chi connectivity index (χ0n) is 8.16. The third-order valence-corrected chi connectivity index (χ3v) is 2.10. The molecule has 0 saturated heterocycles. The maximum Gasteiger partial charge on any atom is 0.334 e. The molecule has 2 rings (SSSR count). The van der Waals surface area contributed by atoms with Gasteiger partial charge < -0.3 is 4.57 Å². The van der Waals surface area contributed by atoms with Crippen molar-refractivity contribution in [2.75, 3.05) is 0 Å². The van der Waals surface area contributed by atoms with E-state index < -0.39 is 16.2 Å². The summed E-state index contributed by atoms with van der Waals surface area (Å²) in [7, 11) is 0. The van der Waals surface area contributed by atoms with Crippen LogP contribution >= 0.6 is 0 Å². The Labute approximate surface area is 89.5 Å². The molecule has 7 nitrogen and oxygen atoms in total. The molecular formula is C9H8N4O3. The molecule has 0 unspecified atom stereocenters. The molecule has 0 aromatic carbocycles. The van der Waals surface area contributed by atoms with Crippen LogP contribution in [0.3, 0.4) is 0 Å². The van der Waals surface area contributed by atoms with Gasteiger partial charge in [0.1, 0.15) is 0 Å². The lowest BCUT2D eigenvalue weighted by molar-refractivity contribution is -0.386. The van der Waals surface area contributed by atoms with Crippen molar-refractivity contribution in [3.05, 3.63) is 56.8 Å². The van der Waals surface area contributed by atoms with E-state index in [0.29, 0.717) is 0 Å². The summed E-state index contributed by atoms with van der Waals surface area (Å²) in [5.74, 6) is 0. The molecule has 2 aromatic rings. The van der Waals surface area contributed by atoms with Gasteiger partial charge in [0.25, 0.3) is 0 Å². The summed E-state index contributed by atoms with van der Waals surface area (Å²) in [5.41, 5.74) is -0.262. The van der Waals surface area contributed by atoms with Crippen LogP contribution in [-0.2, 0) is 6.54 Å². The third kappa shape index (κ3) is 1.83. The van der Waals surface area contributed by atoms with E-state index in [1.807, 2.05) is 0 Å². The second kappa shape index (κ2) is 3.97. The fraction of sp³-hybridized carbons (Fsp3) is 0.111. The second-order valence-electron chi connectivity index (χ2n) is 3.19. The number of nitro groups is 1. The van der Waals surface area contributed by atoms with E-state index in [0.717, 1.165) is 5.56 Å². The Bertz CT molecular complexity index is 558. The summed E-state index contributed by atoms with van der Waals surface area (Å²) < 4.78 is 1.27. The molecule has 0 bridgehead atoms. The Morgan fingerprint density at radius 3 is 3.00 bits per heavy atom. The van der Waals surface area contributed by atoms with Crippen molar-refractivity contribution in [1.82, 2.24) is 14.8 Å². The van der Waals surface area contributed by atoms with Gasteiger partial charge in [-0.15, -0.1) is 0 Å². The molecule has 0 aliphatic carbocycles. The zero-order valence-corrected chi connectivity index (χ0v) is 8.16. The van der Waals surface area contributed by atoms with Crippen molar-refractivity contribution in [2.45, 2.75) is 6.54 Å². The summed E-state index contributed by atoms with van der Waals surface area (Å²) in [5, 5.41) is 16.9. The Morgan fingerprint density at radius 1 is 1.56 bits per heavy atom. The molecule has 0 fully saturated rings. The standard InChI is InChI=1S/C9H8N4O3/c14-9-8(13(15)16)2-1-3-12(9)6-7-4-10-11-5-7/h1-5H,6H2,(H,10,11). The van der Waals surface area contributed by atoms with Gasteiger partial charge in [0.2, 0.25) is 0 Å². The highest BCUT2D eigenvalue weighted by atomic mass is 16.6. The maximum atomic E-state index is 11.6. The quantitative estimate of drug-likeness (QED) is 0.602. The number of H-pyrrole nitrogens is 1. The molecule has 0 saturated carbocycles. The zero-order chi connectivity index (χ0) is 11.5. The van der Waals surface area contributed by atoms with E-state index in [1.165, 1.54) is 22.9 Å². The maximum absolute atomic E-state index is 11.6. The highest BCUT2D eigenvalue weighted by Crippen LogP contribution is 2.03. The fourth-order valence-electron chi connectivity index (χ4n) is 1.35. The van der Waals surface area contributed by atoms with Crippen molar-refractivity contribution in [2.24, 2.45) is 0 Å². The smallest absolute Gasteiger partial charge is 0.305 e. The van der Waals surface area contributed by atoms with Crippen LogP contribution in [0.4, 0.5) is 5.69 Å². The van der Waals surface area contributed by atoms with Crippen LogP contribution in [0.5, 0.6) is 0 Å². The van der Waals surface area contributed by atoms with Gasteiger partial charge in [-0.25, -0.2) is 0 Å². The van der Waals surface area contributed by atoms with Crippen molar-refractivity contribution in [3.8, 4) is 0 Å². The van der Waals surface area contributed by atoms with Gasteiger partial charge in [-0.2, -0.15) is 5.10 Å².